The maximum absolute atomic E-state index is 12.7. The highest BCUT2D eigenvalue weighted by atomic mass is 35.5. The number of thiophene rings is 1. The molecule has 4 nitrogen and oxygen atoms in total. The van der Waals surface area contributed by atoms with Crippen LogP contribution in [0.1, 0.15) is 26.8 Å². The standard InChI is InChI=1S/C20H17ClN2O2S/c21-17-12-11-16(26-17)13-22-20(25)18(14-7-3-1-4-8-14)23-19(24)15-9-5-2-6-10-15/h1-12,18H,13H2,(H,22,25)(H,23,24). The molecule has 1 atom stereocenters. The highest BCUT2D eigenvalue weighted by molar-refractivity contribution is 7.16. The maximum atomic E-state index is 12.7. The van der Waals surface area contributed by atoms with Gasteiger partial charge in [-0.05, 0) is 29.8 Å². The Balaban J connectivity index is 1.74. The van der Waals surface area contributed by atoms with E-state index in [1.54, 1.807) is 30.3 Å². The van der Waals surface area contributed by atoms with Crippen LogP contribution in [0.15, 0.2) is 72.8 Å². The largest absolute Gasteiger partial charge is 0.349 e. The second-order valence-electron chi connectivity index (χ2n) is 5.61. The van der Waals surface area contributed by atoms with E-state index in [0.29, 0.717) is 16.4 Å². The zero-order valence-electron chi connectivity index (χ0n) is 13.8. The molecule has 0 saturated heterocycles. The van der Waals surface area contributed by atoms with Crippen molar-refractivity contribution in [1.29, 1.82) is 0 Å². The summed E-state index contributed by atoms with van der Waals surface area (Å²) in [6, 6.07) is 20.9. The number of hydrogen-bond donors (Lipinski definition) is 2. The molecule has 3 aromatic rings. The van der Waals surface area contributed by atoms with Gasteiger partial charge in [-0.2, -0.15) is 0 Å². The molecule has 1 aromatic heterocycles. The highest BCUT2D eigenvalue weighted by Crippen LogP contribution is 2.21. The van der Waals surface area contributed by atoms with Crippen LogP contribution in [-0.4, -0.2) is 11.8 Å². The summed E-state index contributed by atoms with van der Waals surface area (Å²) in [5.74, 6) is -0.571. The fourth-order valence-electron chi connectivity index (χ4n) is 2.47. The van der Waals surface area contributed by atoms with Crippen molar-refractivity contribution in [3.05, 3.63) is 93.1 Å². The van der Waals surface area contributed by atoms with Crippen LogP contribution in [0.4, 0.5) is 0 Å². The Morgan fingerprint density at radius 1 is 0.923 bits per heavy atom. The first kappa shape index (κ1) is 18.2. The van der Waals surface area contributed by atoms with Gasteiger partial charge in [-0.15, -0.1) is 11.3 Å². The number of rotatable bonds is 6. The molecule has 0 aliphatic carbocycles. The fraction of sp³-hybridized carbons (Fsp3) is 0.100. The van der Waals surface area contributed by atoms with Gasteiger partial charge in [0.15, 0.2) is 0 Å². The third-order valence-electron chi connectivity index (χ3n) is 3.77. The Morgan fingerprint density at radius 3 is 2.19 bits per heavy atom. The molecular weight excluding hydrogens is 368 g/mol. The minimum Gasteiger partial charge on any atom is -0.349 e. The predicted molar refractivity (Wildman–Crippen MR) is 104 cm³/mol. The smallest absolute Gasteiger partial charge is 0.252 e. The van der Waals surface area contributed by atoms with Crippen LogP contribution < -0.4 is 10.6 Å². The molecule has 3 rings (SSSR count). The minimum absolute atomic E-state index is 0.273. The Morgan fingerprint density at radius 2 is 1.58 bits per heavy atom. The molecule has 2 N–H and O–H groups in total. The Labute approximate surface area is 160 Å². The number of amides is 2. The van der Waals surface area contributed by atoms with Crippen LogP contribution in [0, 0.1) is 0 Å². The van der Waals surface area contributed by atoms with Crippen molar-refractivity contribution in [2.75, 3.05) is 0 Å². The van der Waals surface area contributed by atoms with Crippen LogP contribution >= 0.6 is 22.9 Å². The summed E-state index contributed by atoms with van der Waals surface area (Å²) >= 11 is 7.33. The average molecular weight is 385 g/mol. The molecule has 0 fully saturated rings. The van der Waals surface area contributed by atoms with Crippen molar-refractivity contribution in [3.63, 3.8) is 0 Å². The van der Waals surface area contributed by atoms with Gasteiger partial charge in [0.05, 0.1) is 10.9 Å². The van der Waals surface area contributed by atoms with Gasteiger partial charge in [-0.3, -0.25) is 9.59 Å². The number of nitrogens with one attached hydrogen (secondary N) is 2. The van der Waals surface area contributed by atoms with Crippen molar-refractivity contribution in [2.45, 2.75) is 12.6 Å². The van der Waals surface area contributed by atoms with Crippen molar-refractivity contribution < 1.29 is 9.59 Å². The number of benzene rings is 2. The first-order chi connectivity index (χ1) is 12.6. The first-order valence-corrected chi connectivity index (χ1v) is 9.26. The Bertz CT molecular complexity index is 881. The molecule has 26 heavy (non-hydrogen) atoms. The monoisotopic (exact) mass is 384 g/mol. The van der Waals surface area contributed by atoms with Crippen LogP contribution in [0.25, 0.3) is 0 Å². The summed E-state index contributed by atoms with van der Waals surface area (Å²) in [6.07, 6.45) is 0. The normalized spacial score (nSPS) is 11.6. The molecule has 1 unspecified atom stereocenters. The molecule has 0 aliphatic rings. The van der Waals surface area contributed by atoms with Gasteiger partial charge in [0.25, 0.3) is 5.91 Å². The second kappa shape index (κ2) is 8.65. The van der Waals surface area contributed by atoms with Gasteiger partial charge in [-0.1, -0.05) is 60.1 Å². The highest BCUT2D eigenvalue weighted by Gasteiger charge is 2.23. The van der Waals surface area contributed by atoms with E-state index in [2.05, 4.69) is 10.6 Å². The van der Waals surface area contributed by atoms with Crippen LogP contribution in [0.5, 0.6) is 0 Å². The maximum Gasteiger partial charge on any atom is 0.252 e. The molecule has 0 saturated carbocycles. The van der Waals surface area contributed by atoms with E-state index >= 15 is 0 Å². The molecule has 0 bridgehead atoms. The topological polar surface area (TPSA) is 58.2 Å². The third kappa shape index (κ3) is 4.71. The molecule has 132 valence electrons. The molecule has 2 aromatic carbocycles. The SMILES string of the molecule is O=C(NC(C(=O)NCc1ccc(Cl)s1)c1ccccc1)c1ccccc1. The third-order valence-corrected chi connectivity index (χ3v) is 5.00. The van der Waals surface area contributed by atoms with Crippen molar-refractivity contribution in [1.82, 2.24) is 10.6 Å². The lowest BCUT2D eigenvalue weighted by Crippen LogP contribution is -2.40. The van der Waals surface area contributed by atoms with E-state index in [9.17, 15) is 9.59 Å². The first-order valence-electron chi connectivity index (χ1n) is 8.06. The summed E-state index contributed by atoms with van der Waals surface area (Å²) < 4.78 is 0.672. The van der Waals surface area contributed by atoms with Crippen LogP contribution in [0.2, 0.25) is 4.34 Å². The molecule has 0 radical (unpaired) electrons. The molecule has 1 heterocycles. The van der Waals surface area contributed by atoms with E-state index in [4.69, 9.17) is 11.6 Å². The summed E-state index contributed by atoms with van der Waals surface area (Å²) in [6.45, 7) is 0.362. The lowest BCUT2D eigenvalue weighted by molar-refractivity contribution is -0.123. The molecular formula is C20H17ClN2O2S. The summed E-state index contributed by atoms with van der Waals surface area (Å²) in [5, 5.41) is 5.68. The van der Waals surface area contributed by atoms with Crippen molar-refractivity contribution in [3.8, 4) is 0 Å². The Kier molecular flexibility index (Phi) is 6.04. The Hall–Kier alpha value is -2.63. The van der Waals surface area contributed by atoms with E-state index in [-0.39, 0.29) is 11.8 Å². The summed E-state index contributed by atoms with van der Waals surface area (Å²) in [5.41, 5.74) is 1.23. The van der Waals surface area contributed by atoms with Gasteiger partial charge < -0.3 is 10.6 Å². The van der Waals surface area contributed by atoms with Gasteiger partial charge in [0.1, 0.15) is 6.04 Å². The van der Waals surface area contributed by atoms with Crippen LogP contribution in [0.3, 0.4) is 0 Å². The van der Waals surface area contributed by atoms with E-state index in [0.717, 1.165) is 10.4 Å². The molecule has 0 spiro atoms. The second-order valence-corrected chi connectivity index (χ2v) is 7.41. The van der Waals surface area contributed by atoms with E-state index in [1.807, 2.05) is 42.5 Å². The van der Waals surface area contributed by atoms with Gasteiger partial charge >= 0.3 is 0 Å². The minimum atomic E-state index is -0.778. The van der Waals surface area contributed by atoms with Crippen LogP contribution in [-0.2, 0) is 11.3 Å². The zero-order valence-corrected chi connectivity index (χ0v) is 15.4. The summed E-state index contributed by atoms with van der Waals surface area (Å²) in [4.78, 5) is 26.2. The zero-order chi connectivity index (χ0) is 18.4. The van der Waals surface area contributed by atoms with Gasteiger partial charge in [0.2, 0.25) is 5.91 Å². The van der Waals surface area contributed by atoms with Crippen molar-refractivity contribution in [2.24, 2.45) is 0 Å². The van der Waals surface area contributed by atoms with E-state index < -0.39 is 6.04 Å². The number of carbonyl (C=O) groups is 2. The summed E-state index contributed by atoms with van der Waals surface area (Å²) in [7, 11) is 0. The number of hydrogen-bond acceptors (Lipinski definition) is 3. The predicted octanol–water partition coefficient (Wildman–Crippen LogP) is 4.19. The van der Waals surface area contributed by atoms with Gasteiger partial charge in [-0.25, -0.2) is 0 Å². The molecule has 0 aliphatic heterocycles. The lowest BCUT2D eigenvalue weighted by Gasteiger charge is -2.19. The van der Waals surface area contributed by atoms with Gasteiger partial charge in [0, 0.05) is 10.4 Å². The lowest BCUT2D eigenvalue weighted by atomic mass is 10.1. The number of halogens is 1. The molecule has 2 amide bonds. The quantitative estimate of drug-likeness (QED) is 0.669. The average Bonchev–Trinajstić information content (AvgIpc) is 3.10. The van der Waals surface area contributed by atoms with Crippen molar-refractivity contribution >= 4 is 34.8 Å². The number of carbonyl (C=O) groups excluding carboxylic acids is 2. The molecule has 6 heteroatoms. The fourth-order valence-corrected chi connectivity index (χ4v) is 3.50. The van der Waals surface area contributed by atoms with E-state index in [1.165, 1.54) is 11.3 Å².